The van der Waals surface area contributed by atoms with Gasteiger partial charge in [-0.1, -0.05) is 0 Å². The number of hydrogen-bond donors (Lipinski definition) is 1. The summed E-state index contributed by atoms with van der Waals surface area (Å²) < 4.78 is 6.29. The number of hydrogen-bond acceptors (Lipinski definition) is 3. The van der Waals surface area contributed by atoms with Crippen LogP contribution in [0, 0.1) is 3.57 Å². The van der Waals surface area contributed by atoms with Gasteiger partial charge in [-0.05, 0) is 48.6 Å². The highest BCUT2D eigenvalue weighted by Crippen LogP contribution is 2.27. The maximum absolute atomic E-state index is 11.2. The van der Waals surface area contributed by atoms with Crippen molar-refractivity contribution in [2.24, 2.45) is 0 Å². The predicted octanol–water partition coefficient (Wildman–Crippen LogP) is 2.47. The Labute approximate surface area is 96.8 Å². The SMILES string of the molecule is CCOc1cc(C(C)=O)c(N)cc1I. The lowest BCUT2D eigenvalue weighted by Crippen LogP contribution is -2.03. The number of carbonyl (C=O) groups excluding carboxylic acids is 1. The molecule has 0 bridgehead atoms. The summed E-state index contributed by atoms with van der Waals surface area (Å²) in [5, 5.41) is 0. The van der Waals surface area contributed by atoms with E-state index in [9.17, 15) is 4.79 Å². The molecule has 0 spiro atoms. The van der Waals surface area contributed by atoms with Crippen LogP contribution in [0.3, 0.4) is 0 Å². The van der Waals surface area contributed by atoms with Gasteiger partial charge >= 0.3 is 0 Å². The Morgan fingerprint density at radius 2 is 2.21 bits per heavy atom. The average molecular weight is 305 g/mol. The largest absolute Gasteiger partial charge is 0.493 e. The van der Waals surface area contributed by atoms with Crippen molar-refractivity contribution < 1.29 is 9.53 Å². The number of carbonyl (C=O) groups is 1. The molecule has 3 nitrogen and oxygen atoms in total. The van der Waals surface area contributed by atoms with Crippen LogP contribution in [0.1, 0.15) is 24.2 Å². The van der Waals surface area contributed by atoms with Gasteiger partial charge in [-0.2, -0.15) is 0 Å². The lowest BCUT2D eigenvalue weighted by atomic mass is 10.1. The number of Topliss-reactive ketones (excluding diaryl/α,β-unsaturated/α-hetero) is 1. The zero-order valence-corrected chi connectivity index (χ0v) is 10.3. The maximum Gasteiger partial charge on any atom is 0.162 e. The molecule has 2 N–H and O–H groups in total. The molecule has 0 amide bonds. The summed E-state index contributed by atoms with van der Waals surface area (Å²) in [5.41, 5.74) is 6.73. The van der Waals surface area contributed by atoms with Crippen LogP contribution in [0.25, 0.3) is 0 Å². The zero-order chi connectivity index (χ0) is 10.7. The average Bonchev–Trinajstić information content (AvgIpc) is 2.09. The first-order valence-electron chi connectivity index (χ1n) is 4.29. The highest BCUT2D eigenvalue weighted by atomic mass is 127. The fraction of sp³-hybridized carbons (Fsp3) is 0.300. The summed E-state index contributed by atoms with van der Waals surface area (Å²) in [6, 6.07) is 3.45. The number of nitrogen functional groups attached to an aromatic ring is 1. The highest BCUT2D eigenvalue weighted by Gasteiger charge is 2.09. The standard InChI is InChI=1S/C10H12INO2/c1-3-14-10-4-7(6(2)13)9(12)5-8(10)11/h4-5H,3,12H2,1-2H3. The Morgan fingerprint density at radius 3 is 2.71 bits per heavy atom. The Bertz CT molecular complexity index is 363. The van der Waals surface area contributed by atoms with Crippen molar-refractivity contribution in [2.45, 2.75) is 13.8 Å². The fourth-order valence-corrected chi connectivity index (χ4v) is 1.79. The molecule has 14 heavy (non-hydrogen) atoms. The summed E-state index contributed by atoms with van der Waals surface area (Å²) in [4.78, 5) is 11.2. The minimum absolute atomic E-state index is 0.0418. The third-order valence-corrected chi connectivity index (χ3v) is 2.63. The van der Waals surface area contributed by atoms with E-state index in [1.807, 2.05) is 6.92 Å². The lowest BCUT2D eigenvalue weighted by molar-refractivity contribution is 0.101. The molecule has 0 saturated carbocycles. The van der Waals surface area contributed by atoms with Crippen molar-refractivity contribution in [1.82, 2.24) is 0 Å². The van der Waals surface area contributed by atoms with Gasteiger partial charge in [0.05, 0.1) is 10.2 Å². The number of ketones is 1. The van der Waals surface area contributed by atoms with Gasteiger partial charge in [0.1, 0.15) is 5.75 Å². The monoisotopic (exact) mass is 305 g/mol. The molecule has 0 aliphatic rings. The summed E-state index contributed by atoms with van der Waals surface area (Å²) in [7, 11) is 0. The predicted molar refractivity (Wildman–Crippen MR) is 64.7 cm³/mol. The number of nitrogens with two attached hydrogens (primary N) is 1. The van der Waals surface area contributed by atoms with Crippen LogP contribution in [-0.2, 0) is 0 Å². The minimum atomic E-state index is -0.0418. The molecule has 1 aromatic rings. The first kappa shape index (κ1) is 11.3. The number of rotatable bonds is 3. The van der Waals surface area contributed by atoms with Crippen LogP contribution < -0.4 is 10.5 Å². The first-order valence-corrected chi connectivity index (χ1v) is 5.37. The van der Waals surface area contributed by atoms with Gasteiger partial charge in [-0.3, -0.25) is 4.79 Å². The van der Waals surface area contributed by atoms with E-state index in [0.717, 1.165) is 3.57 Å². The van der Waals surface area contributed by atoms with Gasteiger partial charge in [0.15, 0.2) is 5.78 Å². The molecule has 4 heteroatoms. The van der Waals surface area contributed by atoms with Crippen LogP contribution in [0.4, 0.5) is 5.69 Å². The van der Waals surface area contributed by atoms with E-state index in [1.165, 1.54) is 6.92 Å². The molecule has 0 aliphatic heterocycles. The van der Waals surface area contributed by atoms with Crippen LogP contribution in [0.15, 0.2) is 12.1 Å². The molecular formula is C10H12INO2. The quantitative estimate of drug-likeness (QED) is 0.530. The van der Waals surface area contributed by atoms with Gasteiger partial charge < -0.3 is 10.5 Å². The normalized spacial score (nSPS) is 9.93. The maximum atomic E-state index is 11.2. The fourth-order valence-electron chi connectivity index (χ4n) is 1.14. The number of ether oxygens (including phenoxy) is 1. The Balaban J connectivity index is 3.20. The molecule has 0 atom stereocenters. The molecule has 0 aliphatic carbocycles. The van der Waals surface area contributed by atoms with Crippen molar-refractivity contribution in [3.05, 3.63) is 21.3 Å². The first-order chi connectivity index (χ1) is 6.56. The number of anilines is 1. The van der Waals surface area contributed by atoms with E-state index in [0.29, 0.717) is 23.6 Å². The van der Waals surface area contributed by atoms with Gasteiger partial charge in [-0.25, -0.2) is 0 Å². The third kappa shape index (κ3) is 2.37. The molecular weight excluding hydrogens is 293 g/mol. The van der Waals surface area contributed by atoms with E-state index in [1.54, 1.807) is 12.1 Å². The van der Waals surface area contributed by atoms with Crippen LogP contribution in [0.5, 0.6) is 5.75 Å². The number of halogens is 1. The van der Waals surface area contributed by atoms with Crippen LogP contribution >= 0.6 is 22.6 Å². The van der Waals surface area contributed by atoms with Crippen LogP contribution in [-0.4, -0.2) is 12.4 Å². The van der Waals surface area contributed by atoms with E-state index in [2.05, 4.69) is 22.6 Å². The van der Waals surface area contributed by atoms with E-state index in [-0.39, 0.29) is 5.78 Å². The third-order valence-electron chi connectivity index (χ3n) is 1.78. The van der Waals surface area contributed by atoms with Crippen molar-refractivity contribution in [2.75, 3.05) is 12.3 Å². The van der Waals surface area contributed by atoms with Gasteiger partial charge in [0, 0.05) is 11.3 Å². The molecule has 0 aromatic heterocycles. The van der Waals surface area contributed by atoms with Crippen molar-refractivity contribution >= 4 is 34.1 Å². The summed E-state index contributed by atoms with van der Waals surface area (Å²) >= 11 is 2.13. The summed E-state index contributed by atoms with van der Waals surface area (Å²) in [6.07, 6.45) is 0. The molecule has 0 unspecified atom stereocenters. The molecule has 0 saturated heterocycles. The van der Waals surface area contributed by atoms with E-state index >= 15 is 0 Å². The number of benzene rings is 1. The summed E-state index contributed by atoms with van der Waals surface area (Å²) in [5.74, 6) is 0.673. The van der Waals surface area contributed by atoms with Crippen molar-refractivity contribution in [3.63, 3.8) is 0 Å². The second-order valence-corrected chi connectivity index (χ2v) is 4.02. The Kier molecular flexibility index (Phi) is 3.74. The van der Waals surface area contributed by atoms with Gasteiger partial charge in [-0.15, -0.1) is 0 Å². The Hall–Kier alpha value is -0.780. The zero-order valence-electron chi connectivity index (χ0n) is 8.13. The van der Waals surface area contributed by atoms with E-state index < -0.39 is 0 Å². The second-order valence-electron chi connectivity index (χ2n) is 2.86. The van der Waals surface area contributed by atoms with Crippen LogP contribution in [0.2, 0.25) is 0 Å². The van der Waals surface area contributed by atoms with Crippen molar-refractivity contribution in [1.29, 1.82) is 0 Å². The highest BCUT2D eigenvalue weighted by molar-refractivity contribution is 14.1. The van der Waals surface area contributed by atoms with E-state index in [4.69, 9.17) is 10.5 Å². The van der Waals surface area contributed by atoms with Gasteiger partial charge in [0.2, 0.25) is 0 Å². The van der Waals surface area contributed by atoms with Gasteiger partial charge in [0.25, 0.3) is 0 Å². The lowest BCUT2D eigenvalue weighted by Gasteiger charge is -2.09. The van der Waals surface area contributed by atoms with Crippen molar-refractivity contribution in [3.8, 4) is 5.75 Å². The molecule has 0 heterocycles. The molecule has 0 radical (unpaired) electrons. The second kappa shape index (κ2) is 4.63. The Morgan fingerprint density at radius 1 is 1.57 bits per heavy atom. The molecule has 0 fully saturated rings. The topological polar surface area (TPSA) is 52.3 Å². The minimum Gasteiger partial charge on any atom is -0.493 e. The smallest absolute Gasteiger partial charge is 0.162 e. The molecule has 1 aromatic carbocycles. The summed E-state index contributed by atoms with van der Waals surface area (Å²) in [6.45, 7) is 3.98. The molecule has 1 rings (SSSR count). The molecule has 76 valence electrons.